The highest BCUT2D eigenvalue weighted by atomic mass is 32.1. The summed E-state index contributed by atoms with van der Waals surface area (Å²) in [5.74, 6) is 0.102. The zero-order chi connectivity index (χ0) is 18.4. The van der Waals surface area contributed by atoms with Crippen molar-refractivity contribution in [1.82, 2.24) is 4.90 Å². The van der Waals surface area contributed by atoms with Gasteiger partial charge >= 0.3 is 0 Å². The number of rotatable bonds is 7. The highest BCUT2D eigenvalue weighted by Gasteiger charge is 2.15. The number of aliphatic hydroxyl groups is 1. The Morgan fingerprint density at radius 3 is 2.72 bits per heavy atom. The van der Waals surface area contributed by atoms with E-state index in [1.54, 1.807) is 42.3 Å². The number of hydrogen-bond donors (Lipinski definition) is 2. The molecule has 0 aliphatic heterocycles. The molecule has 0 saturated carbocycles. The van der Waals surface area contributed by atoms with E-state index in [9.17, 15) is 15.0 Å². The first-order chi connectivity index (χ1) is 11.9. The Kier molecular flexibility index (Phi) is 6.19. The van der Waals surface area contributed by atoms with E-state index in [-0.39, 0.29) is 17.4 Å². The molecule has 25 heavy (non-hydrogen) atoms. The Hall–Kier alpha value is -2.79. The first kappa shape index (κ1) is 18.5. The number of nitrogens with zero attached hydrogens (tertiary/aromatic N) is 1. The van der Waals surface area contributed by atoms with Gasteiger partial charge in [0.1, 0.15) is 11.5 Å². The molecule has 1 aromatic heterocycles. The van der Waals surface area contributed by atoms with Crippen molar-refractivity contribution in [3.8, 4) is 16.2 Å². The first-order valence-electron chi connectivity index (χ1n) is 7.76. The van der Waals surface area contributed by atoms with Crippen molar-refractivity contribution in [2.24, 2.45) is 0 Å². The molecule has 0 radical (unpaired) electrons. The Bertz CT molecular complexity index is 820. The first-order valence-corrected chi connectivity index (χ1v) is 8.58. The minimum absolute atomic E-state index is 0.0297. The molecule has 2 aromatic rings. The van der Waals surface area contributed by atoms with Crippen LogP contribution in [0.5, 0.6) is 5.75 Å². The van der Waals surface area contributed by atoms with Crippen LogP contribution in [0, 0.1) is 0 Å². The number of thiophene rings is 1. The van der Waals surface area contributed by atoms with E-state index in [0.717, 1.165) is 16.0 Å². The van der Waals surface area contributed by atoms with Gasteiger partial charge in [0.2, 0.25) is 0 Å². The van der Waals surface area contributed by atoms with Crippen LogP contribution in [0.2, 0.25) is 0 Å². The van der Waals surface area contributed by atoms with Crippen LogP contribution in [0.4, 0.5) is 0 Å². The molecule has 2 rings (SSSR count). The molecule has 0 aliphatic carbocycles. The molecule has 1 aromatic carbocycles. The highest BCUT2D eigenvalue weighted by molar-refractivity contribution is 7.17. The number of aromatic hydroxyl groups is 1. The molecule has 0 spiro atoms. The van der Waals surface area contributed by atoms with Crippen molar-refractivity contribution < 1.29 is 15.0 Å². The van der Waals surface area contributed by atoms with Crippen LogP contribution in [0.25, 0.3) is 10.4 Å². The van der Waals surface area contributed by atoms with E-state index in [0.29, 0.717) is 17.8 Å². The summed E-state index contributed by atoms with van der Waals surface area (Å²) in [6.07, 6.45) is 3.76. The average molecular weight is 355 g/mol. The largest absolute Gasteiger partial charge is 0.509 e. The summed E-state index contributed by atoms with van der Waals surface area (Å²) >= 11 is 1.39. The molecule has 0 aliphatic rings. The number of amides is 1. The molecule has 1 heterocycles. The van der Waals surface area contributed by atoms with E-state index >= 15 is 0 Å². The van der Waals surface area contributed by atoms with Crippen LogP contribution < -0.4 is 0 Å². The summed E-state index contributed by atoms with van der Waals surface area (Å²) in [7, 11) is 1.74. The smallest absolute Gasteiger partial charge is 0.263 e. The quantitative estimate of drug-likeness (QED) is 0.556. The number of phenols is 1. The molecule has 0 saturated heterocycles. The Balaban J connectivity index is 2.05. The minimum atomic E-state index is -0.0670. The summed E-state index contributed by atoms with van der Waals surface area (Å²) < 4.78 is 0. The number of aliphatic hydroxyl groups excluding tert-OH is 1. The van der Waals surface area contributed by atoms with Gasteiger partial charge in [-0.25, -0.2) is 0 Å². The molecule has 2 N–H and O–H groups in total. The maximum atomic E-state index is 12.6. The molecular formula is C20H21NO3S. The maximum Gasteiger partial charge on any atom is 0.263 e. The van der Waals surface area contributed by atoms with Crippen molar-refractivity contribution in [2.75, 3.05) is 13.6 Å². The van der Waals surface area contributed by atoms with E-state index < -0.39 is 0 Å². The van der Waals surface area contributed by atoms with Gasteiger partial charge in [0.05, 0.1) is 4.88 Å². The number of carbonyl (C=O) groups excluding carboxylic acids is 1. The molecule has 0 fully saturated rings. The van der Waals surface area contributed by atoms with Crippen LogP contribution in [-0.2, 0) is 0 Å². The van der Waals surface area contributed by atoms with Crippen LogP contribution in [0.1, 0.15) is 16.1 Å². The van der Waals surface area contributed by atoms with Gasteiger partial charge in [-0.05, 0) is 47.9 Å². The molecule has 130 valence electrons. The highest BCUT2D eigenvalue weighted by Crippen LogP contribution is 2.30. The topological polar surface area (TPSA) is 60.8 Å². The predicted octanol–water partition coefficient (Wildman–Crippen LogP) is 4.77. The number of phenolic OH excluding ortho intramolecular Hbond substituents is 1. The monoisotopic (exact) mass is 355 g/mol. The SMILES string of the molecule is C=C/C(=C\C(=C)O)CCN(C)C(=O)c1ccc(-c2cccc(O)c2)s1. The standard InChI is InChI=1S/C20H21NO3S/c1-4-15(12-14(2)22)10-11-21(3)20(24)19-9-8-18(25-19)16-6-5-7-17(23)13-16/h4-9,12-13,22-23H,1-2,10-11H2,3H3/b15-12+. The fourth-order valence-electron chi connectivity index (χ4n) is 2.30. The third-order valence-electron chi connectivity index (χ3n) is 3.64. The lowest BCUT2D eigenvalue weighted by Gasteiger charge is -2.16. The predicted molar refractivity (Wildman–Crippen MR) is 103 cm³/mol. The van der Waals surface area contributed by atoms with Crippen molar-refractivity contribution >= 4 is 17.2 Å². The van der Waals surface area contributed by atoms with Gasteiger partial charge in [0, 0.05) is 18.5 Å². The van der Waals surface area contributed by atoms with Crippen LogP contribution in [0.3, 0.4) is 0 Å². The number of allylic oxidation sites excluding steroid dienone is 2. The Labute approximate surface area is 151 Å². The summed E-state index contributed by atoms with van der Waals surface area (Å²) in [4.78, 5) is 15.8. The van der Waals surface area contributed by atoms with E-state index in [1.807, 2.05) is 12.1 Å². The van der Waals surface area contributed by atoms with Crippen molar-refractivity contribution in [2.45, 2.75) is 6.42 Å². The van der Waals surface area contributed by atoms with Gasteiger partial charge < -0.3 is 15.1 Å². The molecule has 1 amide bonds. The van der Waals surface area contributed by atoms with Gasteiger partial charge in [-0.15, -0.1) is 11.3 Å². The van der Waals surface area contributed by atoms with Crippen LogP contribution in [0.15, 0.2) is 73.0 Å². The lowest BCUT2D eigenvalue weighted by molar-refractivity contribution is 0.0801. The molecular weight excluding hydrogens is 334 g/mol. The van der Waals surface area contributed by atoms with Gasteiger partial charge in [0.15, 0.2) is 0 Å². The van der Waals surface area contributed by atoms with E-state index in [1.165, 1.54) is 17.4 Å². The van der Waals surface area contributed by atoms with Gasteiger partial charge in [0.25, 0.3) is 5.91 Å². The van der Waals surface area contributed by atoms with Crippen molar-refractivity contribution in [1.29, 1.82) is 0 Å². The van der Waals surface area contributed by atoms with Gasteiger partial charge in [-0.3, -0.25) is 4.79 Å². The van der Waals surface area contributed by atoms with E-state index in [2.05, 4.69) is 13.2 Å². The second kappa shape index (κ2) is 8.35. The van der Waals surface area contributed by atoms with Gasteiger partial charge in [-0.2, -0.15) is 0 Å². The molecule has 0 atom stereocenters. The second-order valence-electron chi connectivity index (χ2n) is 5.61. The number of benzene rings is 1. The molecule has 5 heteroatoms. The number of hydrogen-bond acceptors (Lipinski definition) is 4. The molecule has 0 bridgehead atoms. The lowest BCUT2D eigenvalue weighted by Crippen LogP contribution is -2.27. The number of carbonyl (C=O) groups is 1. The summed E-state index contributed by atoms with van der Waals surface area (Å²) in [5, 5.41) is 18.8. The fourth-order valence-corrected chi connectivity index (χ4v) is 3.30. The average Bonchev–Trinajstić information content (AvgIpc) is 3.07. The third kappa shape index (κ3) is 5.09. The molecule has 4 nitrogen and oxygen atoms in total. The Morgan fingerprint density at radius 2 is 2.08 bits per heavy atom. The van der Waals surface area contributed by atoms with E-state index in [4.69, 9.17) is 0 Å². The normalized spacial score (nSPS) is 11.2. The zero-order valence-electron chi connectivity index (χ0n) is 14.1. The third-order valence-corrected chi connectivity index (χ3v) is 4.77. The summed E-state index contributed by atoms with van der Waals surface area (Å²) in [6, 6.07) is 10.6. The summed E-state index contributed by atoms with van der Waals surface area (Å²) in [6.45, 7) is 7.63. The second-order valence-corrected chi connectivity index (χ2v) is 6.69. The van der Waals surface area contributed by atoms with Gasteiger partial charge in [-0.1, -0.05) is 31.4 Å². The minimum Gasteiger partial charge on any atom is -0.509 e. The van der Waals surface area contributed by atoms with Crippen LogP contribution in [-0.4, -0.2) is 34.6 Å². The van der Waals surface area contributed by atoms with Crippen molar-refractivity contribution in [3.63, 3.8) is 0 Å². The lowest BCUT2D eigenvalue weighted by atomic mass is 10.1. The fraction of sp³-hybridized carbons (Fsp3) is 0.150. The zero-order valence-corrected chi connectivity index (χ0v) is 14.9. The van der Waals surface area contributed by atoms with Crippen molar-refractivity contribution in [3.05, 3.63) is 77.9 Å². The summed E-state index contributed by atoms with van der Waals surface area (Å²) in [5.41, 5.74) is 1.70. The Morgan fingerprint density at radius 1 is 1.32 bits per heavy atom. The van der Waals surface area contributed by atoms with Crippen LogP contribution >= 0.6 is 11.3 Å². The maximum absolute atomic E-state index is 12.6. The molecule has 0 unspecified atom stereocenters.